The van der Waals surface area contributed by atoms with Crippen LogP contribution >= 0.6 is 0 Å². The quantitative estimate of drug-likeness (QED) is 0.732. The number of carbonyl (C=O) groups excluding carboxylic acids is 1. The number of hydrogen-bond donors (Lipinski definition) is 2. The van der Waals surface area contributed by atoms with Gasteiger partial charge in [-0.2, -0.15) is 0 Å². The van der Waals surface area contributed by atoms with Gasteiger partial charge in [-0.1, -0.05) is 0 Å². The molecule has 28 heavy (non-hydrogen) atoms. The largest absolute Gasteiger partial charge is 0.487 e. The van der Waals surface area contributed by atoms with E-state index in [0.29, 0.717) is 11.1 Å². The number of aliphatic hydroxyl groups excluding tert-OH is 1. The number of methoxy groups -OCH3 is 1. The summed E-state index contributed by atoms with van der Waals surface area (Å²) in [6.07, 6.45) is 0.883. The molecule has 1 aliphatic rings. The molecule has 0 bridgehead atoms. The second-order valence-electron chi connectivity index (χ2n) is 7.90. The second-order valence-corrected chi connectivity index (χ2v) is 7.90. The fourth-order valence-electron chi connectivity index (χ4n) is 3.45. The molecule has 1 aromatic carbocycles. The molecule has 1 amide bonds. The van der Waals surface area contributed by atoms with E-state index in [0.717, 1.165) is 35.1 Å². The third kappa shape index (κ3) is 4.36. The highest BCUT2D eigenvalue weighted by Gasteiger charge is 2.27. The van der Waals surface area contributed by atoms with Crippen LogP contribution in [0.15, 0.2) is 21.3 Å². The smallest absolute Gasteiger partial charge is 0.340 e. The summed E-state index contributed by atoms with van der Waals surface area (Å²) >= 11 is 0. The first-order valence-electron chi connectivity index (χ1n) is 9.42. The molecule has 1 aromatic heterocycles. The number of aryl methyl sites for hydroxylation is 2. The normalized spacial score (nSPS) is 16.3. The average molecular weight is 389 g/mol. The van der Waals surface area contributed by atoms with E-state index in [1.807, 2.05) is 26.8 Å². The maximum absolute atomic E-state index is 12.5. The summed E-state index contributed by atoms with van der Waals surface area (Å²) in [5.74, 6) is 0.386. The summed E-state index contributed by atoms with van der Waals surface area (Å²) in [7, 11) is 1.47. The third-order valence-corrected chi connectivity index (χ3v) is 5.08. The highest BCUT2D eigenvalue weighted by molar-refractivity contribution is 5.86. The Morgan fingerprint density at radius 2 is 2.14 bits per heavy atom. The molecule has 1 unspecified atom stereocenters. The van der Waals surface area contributed by atoms with Crippen molar-refractivity contribution in [1.82, 2.24) is 5.32 Å². The molecule has 2 N–H and O–H groups in total. The van der Waals surface area contributed by atoms with E-state index in [-0.39, 0.29) is 31.1 Å². The monoisotopic (exact) mass is 389 g/mol. The van der Waals surface area contributed by atoms with Gasteiger partial charge in [-0.25, -0.2) is 4.79 Å². The van der Waals surface area contributed by atoms with E-state index >= 15 is 0 Å². The lowest BCUT2D eigenvalue weighted by molar-refractivity contribution is -0.121. The van der Waals surface area contributed by atoms with Gasteiger partial charge in [0.05, 0.1) is 24.7 Å². The Morgan fingerprint density at radius 3 is 2.86 bits per heavy atom. The molecule has 1 aliphatic heterocycles. The summed E-state index contributed by atoms with van der Waals surface area (Å²) in [4.78, 5) is 24.7. The molecule has 0 radical (unpaired) electrons. The predicted octanol–water partition coefficient (Wildman–Crippen LogP) is 1.87. The van der Waals surface area contributed by atoms with Gasteiger partial charge in [0.1, 0.15) is 16.9 Å². The van der Waals surface area contributed by atoms with Crippen molar-refractivity contribution in [3.63, 3.8) is 0 Å². The van der Waals surface area contributed by atoms with Crippen LogP contribution in [0.3, 0.4) is 0 Å². The number of benzene rings is 1. The first-order chi connectivity index (χ1) is 13.2. The molecular formula is C21H27NO6. The van der Waals surface area contributed by atoms with E-state index in [2.05, 4.69) is 5.32 Å². The molecule has 2 heterocycles. The van der Waals surface area contributed by atoms with Crippen molar-refractivity contribution < 1.29 is 23.8 Å². The van der Waals surface area contributed by atoms with Crippen LogP contribution in [0.25, 0.3) is 11.0 Å². The van der Waals surface area contributed by atoms with Crippen molar-refractivity contribution in [2.24, 2.45) is 0 Å². The zero-order valence-corrected chi connectivity index (χ0v) is 16.8. The summed E-state index contributed by atoms with van der Waals surface area (Å²) in [6, 6.07) is 3.76. The lowest BCUT2D eigenvalue weighted by atomic mass is 9.92. The number of nitrogens with one attached hydrogen (secondary N) is 1. The molecule has 0 spiro atoms. The fraction of sp³-hybridized carbons (Fsp3) is 0.524. The first kappa shape index (κ1) is 20.4. The molecular weight excluding hydrogens is 362 g/mol. The minimum atomic E-state index is -0.793. The van der Waals surface area contributed by atoms with Crippen molar-refractivity contribution in [1.29, 1.82) is 0 Å². The second kappa shape index (κ2) is 7.93. The molecule has 3 rings (SSSR count). The van der Waals surface area contributed by atoms with E-state index in [9.17, 15) is 14.7 Å². The molecule has 1 atom stereocenters. The van der Waals surface area contributed by atoms with Crippen LogP contribution < -0.4 is 15.7 Å². The Balaban J connectivity index is 1.86. The van der Waals surface area contributed by atoms with Gasteiger partial charge in [0.2, 0.25) is 5.91 Å². The summed E-state index contributed by atoms with van der Waals surface area (Å²) in [5, 5.41) is 13.0. The van der Waals surface area contributed by atoms with Gasteiger partial charge >= 0.3 is 5.63 Å². The van der Waals surface area contributed by atoms with Crippen LogP contribution in [-0.4, -0.2) is 43.0 Å². The van der Waals surface area contributed by atoms with Crippen LogP contribution in [0.2, 0.25) is 0 Å². The number of fused-ring (bicyclic) bond motifs is 2. The van der Waals surface area contributed by atoms with Crippen molar-refractivity contribution >= 4 is 16.9 Å². The van der Waals surface area contributed by atoms with Crippen LogP contribution in [0, 0.1) is 6.92 Å². The standard InChI is InChI=1S/C21H27NO6/c1-12-15-7-13-5-6-21(2,3)28-17(13)9-18(15)27-20(25)16(12)8-19(24)22-10-14(23)11-26-4/h7,9,14,23H,5-6,8,10-11H2,1-4H3,(H,22,24). The molecule has 7 heteroatoms. The van der Waals surface area contributed by atoms with Crippen LogP contribution in [-0.2, 0) is 22.4 Å². The minimum Gasteiger partial charge on any atom is -0.487 e. The number of rotatable bonds is 6. The van der Waals surface area contributed by atoms with Gasteiger partial charge in [0.25, 0.3) is 0 Å². The Bertz CT molecular complexity index is 946. The molecule has 0 aliphatic carbocycles. The van der Waals surface area contributed by atoms with Gasteiger partial charge in [0.15, 0.2) is 0 Å². The maximum Gasteiger partial charge on any atom is 0.340 e. The Morgan fingerprint density at radius 1 is 1.39 bits per heavy atom. The predicted molar refractivity (Wildman–Crippen MR) is 105 cm³/mol. The van der Waals surface area contributed by atoms with E-state index < -0.39 is 11.7 Å². The van der Waals surface area contributed by atoms with E-state index in [1.165, 1.54) is 7.11 Å². The Labute approximate surface area is 163 Å². The van der Waals surface area contributed by atoms with E-state index in [4.69, 9.17) is 13.9 Å². The number of ether oxygens (including phenoxy) is 2. The number of aliphatic hydroxyl groups is 1. The van der Waals surface area contributed by atoms with Crippen LogP contribution in [0.1, 0.15) is 37.0 Å². The Hall–Kier alpha value is -2.38. The molecule has 7 nitrogen and oxygen atoms in total. The molecule has 152 valence electrons. The number of hydrogen-bond acceptors (Lipinski definition) is 6. The van der Waals surface area contributed by atoms with Crippen LogP contribution in [0.4, 0.5) is 0 Å². The molecule has 0 fully saturated rings. The maximum atomic E-state index is 12.5. The SMILES string of the molecule is COCC(O)CNC(=O)Cc1c(C)c2cc3c(cc2oc1=O)OC(C)(C)CC3. The minimum absolute atomic E-state index is 0.0608. The first-order valence-corrected chi connectivity index (χ1v) is 9.42. The van der Waals surface area contributed by atoms with Crippen LogP contribution in [0.5, 0.6) is 5.75 Å². The van der Waals surface area contributed by atoms with Gasteiger partial charge in [-0.3, -0.25) is 4.79 Å². The molecule has 0 saturated heterocycles. The van der Waals surface area contributed by atoms with Gasteiger partial charge < -0.3 is 24.3 Å². The zero-order valence-electron chi connectivity index (χ0n) is 16.8. The Kier molecular flexibility index (Phi) is 5.76. The summed E-state index contributed by atoms with van der Waals surface area (Å²) in [6.45, 7) is 6.08. The highest BCUT2D eigenvalue weighted by atomic mass is 16.5. The highest BCUT2D eigenvalue weighted by Crippen LogP contribution is 2.36. The zero-order chi connectivity index (χ0) is 20.5. The van der Waals surface area contributed by atoms with Crippen molar-refractivity contribution in [3.8, 4) is 5.75 Å². The lowest BCUT2D eigenvalue weighted by Crippen LogP contribution is -2.36. The van der Waals surface area contributed by atoms with Crippen molar-refractivity contribution in [2.45, 2.75) is 51.7 Å². The van der Waals surface area contributed by atoms with Gasteiger partial charge in [-0.15, -0.1) is 0 Å². The van der Waals surface area contributed by atoms with Crippen molar-refractivity contribution in [3.05, 3.63) is 39.2 Å². The van der Waals surface area contributed by atoms with E-state index in [1.54, 1.807) is 6.07 Å². The lowest BCUT2D eigenvalue weighted by Gasteiger charge is -2.32. The van der Waals surface area contributed by atoms with Gasteiger partial charge in [0, 0.05) is 25.1 Å². The average Bonchev–Trinajstić information content (AvgIpc) is 2.62. The summed E-state index contributed by atoms with van der Waals surface area (Å²) < 4.78 is 16.3. The summed E-state index contributed by atoms with van der Waals surface area (Å²) in [5.41, 5.74) is 1.80. The topological polar surface area (TPSA) is 98.0 Å². The number of carbonyl (C=O) groups is 1. The third-order valence-electron chi connectivity index (χ3n) is 5.08. The van der Waals surface area contributed by atoms with Crippen molar-refractivity contribution in [2.75, 3.05) is 20.3 Å². The number of amides is 1. The fourth-order valence-corrected chi connectivity index (χ4v) is 3.45. The molecule has 0 saturated carbocycles. The molecule has 2 aromatic rings. The van der Waals surface area contributed by atoms with Gasteiger partial charge in [-0.05, 0) is 50.8 Å².